The molecular weight excluding hydrogens is 290 g/mol. The summed E-state index contributed by atoms with van der Waals surface area (Å²) in [5, 5.41) is 0. The van der Waals surface area contributed by atoms with Gasteiger partial charge in [-0.05, 0) is 38.0 Å². The fourth-order valence-corrected chi connectivity index (χ4v) is 3.21. The zero-order valence-electron chi connectivity index (χ0n) is 12.8. The topological polar surface area (TPSA) is 72.5 Å². The van der Waals surface area contributed by atoms with Crippen LogP contribution in [0.4, 0.5) is 0 Å². The molecule has 0 spiro atoms. The van der Waals surface area contributed by atoms with Gasteiger partial charge in [0.1, 0.15) is 0 Å². The minimum absolute atomic E-state index is 0.0149. The third kappa shape index (κ3) is 5.85. The van der Waals surface area contributed by atoms with Gasteiger partial charge in [-0.1, -0.05) is 25.5 Å². The first-order valence-electron chi connectivity index (χ1n) is 7.16. The zero-order valence-corrected chi connectivity index (χ0v) is 13.6. The fourth-order valence-electron chi connectivity index (χ4n) is 1.97. The Kier molecular flexibility index (Phi) is 6.84. The minimum atomic E-state index is -3.61. The largest absolute Gasteiger partial charge is 0.466 e. The molecule has 1 aromatic carbocycles. The summed E-state index contributed by atoms with van der Waals surface area (Å²) in [7, 11) is -3.61. The van der Waals surface area contributed by atoms with Crippen molar-refractivity contribution in [3.8, 4) is 0 Å². The van der Waals surface area contributed by atoms with Crippen molar-refractivity contribution in [3.05, 3.63) is 29.8 Å². The molecule has 1 N–H and O–H groups in total. The van der Waals surface area contributed by atoms with E-state index in [-0.39, 0.29) is 17.9 Å². The first-order chi connectivity index (χ1) is 9.89. The average molecular weight is 313 g/mol. The molecule has 1 aromatic rings. The van der Waals surface area contributed by atoms with E-state index in [1.807, 2.05) is 12.1 Å². The Bertz CT molecular complexity index is 552. The van der Waals surface area contributed by atoms with Crippen molar-refractivity contribution in [1.29, 1.82) is 0 Å². The van der Waals surface area contributed by atoms with Crippen molar-refractivity contribution < 1.29 is 17.9 Å². The van der Waals surface area contributed by atoms with Gasteiger partial charge >= 0.3 is 5.97 Å². The molecule has 0 aliphatic rings. The van der Waals surface area contributed by atoms with Gasteiger partial charge in [-0.3, -0.25) is 4.79 Å². The van der Waals surface area contributed by atoms with Crippen LogP contribution >= 0.6 is 0 Å². The van der Waals surface area contributed by atoms with Gasteiger partial charge in [-0.25, -0.2) is 13.1 Å². The van der Waals surface area contributed by atoms with Crippen LogP contribution in [0.5, 0.6) is 0 Å². The molecule has 0 aliphatic carbocycles. The number of carbonyl (C=O) groups excluding carboxylic acids is 1. The van der Waals surface area contributed by atoms with Gasteiger partial charge < -0.3 is 4.74 Å². The summed E-state index contributed by atoms with van der Waals surface area (Å²) in [6.07, 6.45) is 1.95. The number of nitrogens with one attached hydrogen (secondary N) is 1. The van der Waals surface area contributed by atoms with Gasteiger partial charge in [0.25, 0.3) is 0 Å². The Morgan fingerprint density at radius 1 is 1.24 bits per heavy atom. The van der Waals surface area contributed by atoms with Crippen LogP contribution in [0.15, 0.2) is 29.2 Å². The van der Waals surface area contributed by atoms with E-state index in [0.29, 0.717) is 0 Å². The smallest absolute Gasteiger partial charge is 0.307 e. The van der Waals surface area contributed by atoms with Crippen LogP contribution in [0.2, 0.25) is 0 Å². The Hall–Kier alpha value is -1.40. The molecule has 0 bridgehead atoms. The summed E-state index contributed by atoms with van der Waals surface area (Å²) in [4.78, 5) is 11.5. The van der Waals surface area contributed by atoms with Crippen LogP contribution in [0.3, 0.4) is 0 Å². The van der Waals surface area contributed by atoms with Crippen LogP contribution in [0, 0.1) is 0 Å². The van der Waals surface area contributed by atoms with Gasteiger partial charge in [0, 0.05) is 6.04 Å². The number of hydrogen-bond acceptors (Lipinski definition) is 4. The fraction of sp³-hybridized carbons (Fsp3) is 0.533. The van der Waals surface area contributed by atoms with E-state index < -0.39 is 22.0 Å². The molecule has 6 heteroatoms. The number of sulfonamides is 1. The molecule has 1 rings (SSSR count). The first-order valence-corrected chi connectivity index (χ1v) is 8.64. The Morgan fingerprint density at radius 3 is 2.38 bits per heavy atom. The number of aryl methyl sites for hydroxylation is 1. The molecule has 118 valence electrons. The maximum Gasteiger partial charge on any atom is 0.307 e. The van der Waals surface area contributed by atoms with Crippen molar-refractivity contribution in [2.75, 3.05) is 6.61 Å². The highest BCUT2D eigenvalue weighted by molar-refractivity contribution is 7.89. The van der Waals surface area contributed by atoms with E-state index in [2.05, 4.69) is 11.6 Å². The van der Waals surface area contributed by atoms with Crippen molar-refractivity contribution in [3.63, 3.8) is 0 Å². The van der Waals surface area contributed by atoms with E-state index in [9.17, 15) is 13.2 Å². The number of benzene rings is 1. The summed E-state index contributed by atoms with van der Waals surface area (Å²) >= 11 is 0. The van der Waals surface area contributed by atoms with Crippen LogP contribution in [-0.2, 0) is 26.0 Å². The molecule has 0 fully saturated rings. The monoisotopic (exact) mass is 313 g/mol. The predicted molar refractivity (Wildman–Crippen MR) is 81.5 cm³/mol. The van der Waals surface area contributed by atoms with Crippen LogP contribution in [0.1, 0.15) is 39.2 Å². The lowest BCUT2D eigenvalue weighted by atomic mass is 10.1. The number of carbonyl (C=O) groups is 1. The molecule has 5 nitrogen and oxygen atoms in total. The van der Waals surface area contributed by atoms with Gasteiger partial charge in [0.05, 0.1) is 17.9 Å². The third-order valence-corrected chi connectivity index (χ3v) is 4.51. The number of hydrogen-bond donors (Lipinski definition) is 1. The Labute approximate surface area is 126 Å². The SMILES string of the molecule is CCCc1ccc(S(=O)(=O)NC(C)CC(=O)OCC)cc1. The zero-order chi connectivity index (χ0) is 15.9. The second-order valence-electron chi connectivity index (χ2n) is 4.93. The lowest BCUT2D eigenvalue weighted by Crippen LogP contribution is -2.34. The maximum atomic E-state index is 12.2. The highest BCUT2D eigenvalue weighted by Gasteiger charge is 2.19. The Morgan fingerprint density at radius 2 is 1.86 bits per heavy atom. The molecule has 0 aliphatic heterocycles. The van der Waals surface area contributed by atoms with E-state index in [0.717, 1.165) is 18.4 Å². The standard InChI is InChI=1S/C15H23NO4S/c1-4-6-13-7-9-14(10-8-13)21(18,19)16-12(3)11-15(17)20-5-2/h7-10,12,16H,4-6,11H2,1-3H3. The van der Waals surface area contributed by atoms with Crippen molar-refractivity contribution in [2.45, 2.75) is 51.0 Å². The highest BCUT2D eigenvalue weighted by Crippen LogP contribution is 2.13. The molecule has 1 atom stereocenters. The van der Waals surface area contributed by atoms with Crippen molar-refractivity contribution in [1.82, 2.24) is 4.72 Å². The summed E-state index contributed by atoms with van der Waals surface area (Å²) in [5.41, 5.74) is 1.11. The lowest BCUT2D eigenvalue weighted by Gasteiger charge is -2.13. The van der Waals surface area contributed by atoms with E-state index in [1.54, 1.807) is 26.0 Å². The number of ether oxygens (including phenoxy) is 1. The van der Waals surface area contributed by atoms with E-state index in [1.165, 1.54) is 0 Å². The van der Waals surface area contributed by atoms with Gasteiger partial charge in [-0.2, -0.15) is 0 Å². The molecule has 0 aromatic heterocycles. The van der Waals surface area contributed by atoms with E-state index >= 15 is 0 Å². The van der Waals surface area contributed by atoms with Gasteiger partial charge in [-0.15, -0.1) is 0 Å². The molecule has 0 heterocycles. The molecular formula is C15H23NO4S. The second-order valence-corrected chi connectivity index (χ2v) is 6.64. The average Bonchev–Trinajstić information content (AvgIpc) is 2.39. The van der Waals surface area contributed by atoms with E-state index in [4.69, 9.17) is 4.74 Å². The van der Waals surface area contributed by atoms with Crippen LogP contribution in [0.25, 0.3) is 0 Å². The normalized spacial score (nSPS) is 12.9. The second kappa shape index (κ2) is 8.14. The third-order valence-electron chi connectivity index (χ3n) is 2.91. The maximum absolute atomic E-state index is 12.2. The van der Waals surface area contributed by atoms with Crippen molar-refractivity contribution in [2.24, 2.45) is 0 Å². The number of esters is 1. The van der Waals surface area contributed by atoms with Crippen molar-refractivity contribution >= 4 is 16.0 Å². The summed E-state index contributed by atoms with van der Waals surface area (Å²) in [6.45, 7) is 5.71. The molecule has 0 saturated carbocycles. The van der Waals surface area contributed by atoms with Gasteiger partial charge in [0.2, 0.25) is 10.0 Å². The summed E-state index contributed by atoms with van der Waals surface area (Å²) < 4.78 is 31.7. The first kappa shape index (κ1) is 17.7. The minimum Gasteiger partial charge on any atom is -0.466 e. The molecule has 1 unspecified atom stereocenters. The van der Waals surface area contributed by atoms with Crippen LogP contribution < -0.4 is 4.72 Å². The summed E-state index contributed by atoms with van der Waals surface area (Å²) in [5.74, 6) is -0.411. The van der Waals surface area contributed by atoms with Crippen LogP contribution in [-0.4, -0.2) is 27.0 Å². The quantitative estimate of drug-likeness (QED) is 0.747. The molecule has 0 amide bonds. The highest BCUT2D eigenvalue weighted by atomic mass is 32.2. The molecule has 0 radical (unpaired) electrons. The molecule has 21 heavy (non-hydrogen) atoms. The lowest BCUT2D eigenvalue weighted by molar-refractivity contribution is -0.143. The summed E-state index contributed by atoms with van der Waals surface area (Å²) in [6, 6.07) is 6.29. The number of rotatable bonds is 8. The Balaban J connectivity index is 2.70. The molecule has 0 saturated heterocycles. The predicted octanol–water partition coefficient (Wildman–Crippen LogP) is 2.26. The van der Waals surface area contributed by atoms with Gasteiger partial charge in [0.15, 0.2) is 0 Å².